The summed E-state index contributed by atoms with van der Waals surface area (Å²) in [5.74, 6) is 1.17. The summed E-state index contributed by atoms with van der Waals surface area (Å²) in [7, 11) is 0. The first-order chi connectivity index (χ1) is 12.6. The normalized spacial score (nSPS) is 17.8. The van der Waals surface area contributed by atoms with Gasteiger partial charge in [-0.05, 0) is 57.7 Å². The minimum atomic E-state index is 0.143. The third kappa shape index (κ3) is 3.38. The van der Waals surface area contributed by atoms with Gasteiger partial charge in [-0.15, -0.1) is 11.3 Å². The highest BCUT2D eigenvalue weighted by molar-refractivity contribution is 7.18. The molecule has 0 N–H and O–H groups in total. The number of nitrogens with zero attached hydrogens (tertiary/aromatic N) is 4. The fraction of sp³-hybridized carbons (Fsp3) is 0.450. The van der Waals surface area contributed by atoms with E-state index in [0.29, 0.717) is 6.04 Å². The number of aryl methyl sites for hydroxylation is 3. The Labute approximate surface area is 157 Å². The molecule has 0 bridgehead atoms. The largest absolute Gasteiger partial charge is 0.336 e. The summed E-state index contributed by atoms with van der Waals surface area (Å²) in [6.45, 7) is 5.78. The molecular weight excluding hydrogens is 344 g/mol. The molecule has 136 valence electrons. The average Bonchev–Trinajstić information content (AvgIpc) is 3.23. The fourth-order valence-electron chi connectivity index (χ4n) is 3.84. The van der Waals surface area contributed by atoms with Gasteiger partial charge in [0.05, 0.1) is 15.2 Å². The first-order valence-corrected chi connectivity index (χ1v) is 10.1. The van der Waals surface area contributed by atoms with E-state index >= 15 is 0 Å². The summed E-state index contributed by atoms with van der Waals surface area (Å²) in [4.78, 5) is 24.1. The maximum Gasteiger partial charge on any atom is 0.254 e. The highest BCUT2D eigenvalue weighted by atomic mass is 32.1. The molecule has 1 fully saturated rings. The number of fused-ring (bicyclic) bond motifs is 1. The maximum absolute atomic E-state index is 13.2. The zero-order valence-corrected chi connectivity index (χ0v) is 16.1. The van der Waals surface area contributed by atoms with Gasteiger partial charge >= 0.3 is 0 Å². The third-order valence-corrected chi connectivity index (χ3v) is 6.21. The van der Waals surface area contributed by atoms with Gasteiger partial charge in [0, 0.05) is 37.1 Å². The number of piperidine rings is 1. The second-order valence-electron chi connectivity index (χ2n) is 7.02. The summed E-state index contributed by atoms with van der Waals surface area (Å²) in [6, 6.07) is 6.23. The number of hydrogen-bond acceptors (Lipinski definition) is 4. The monoisotopic (exact) mass is 368 g/mol. The van der Waals surface area contributed by atoms with Crippen LogP contribution in [0.2, 0.25) is 0 Å². The molecule has 1 aliphatic rings. The van der Waals surface area contributed by atoms with Crippen LogP contribution in [0, 0.1) is 13.8 Å². The van der Waals surface area contributed by atoms with Crippen molar-refractivity contribution in [2.75, 3.05) is 6.54 Å². The van der Waals surface area contributed by atoms with Crippen molar-refractivity contribution in [1.82, 2.24) is 19.4 Å². The van der Waals surface area contributed by atoms with Crippen LogP contribution in [0.5, 0.6) is 0 Å². The topological polar surface area (TPSA) is 51.0 Å². The summed E-state index contributed by atoms with van der Waals surface area (Å²) in [5, 5.41) is 1.04. The van der Waals surface area contributed by atoms with Crippen molar-refractivity contribution < 1.29 is 4.79 Å². The molecule has 3 heterocycles. The number of imidazole rings is 1. The lowest BCUT2D eigenvalue weighted by Gasteiger charge is -2.36. The Bertz CT molecular complexity index is 929. The van der Waals surface area contributed by atoms with E-state index in [4.69, 9.17) is 0 Å². The molecule has 0 spiro atoms. The Kier molecular flexibility index (Phi) is 4.76. The van der Waals surface area contributed by atoms with Gasteiger partial charge in [0.25, 0.3) is 5.91 Å². The smallest absolute Gasteiger partial charge is 0.254 e. The zero-order valence-electron chi connectivity index (χ0n) is 15.3. The van der Waals surface area contributed by atoms with E-state index in [1.54, 1.807) is 11.3 Å². The molecule has 0 radical (unpaired) electrons. The van der Waals surface area contributed by atoms with Crippen molar-refractivity contribution in [3.8, 4) is 0 Å². The van der Waals surface area contributed by atoms with Crippen molar-refractivity contribution in [3.63, 3.8) is 0 Å². The van der Waals surface area contributed by atoms with Gasteiger partial charge in [0.2, 0.25) is 0 Å². The fourth-order valence-corrected chi connectivity index (χ4v) is 4.65. The van der Waals surface area contributed by atoms with Crippen LogP contribution in [0.25, 0.3) is 10.2 Å². The van der Waals surface area contributed by atoms with Crippen LogP contribution in [0.1, 0.15) is 46.9 Å². The van der Waals surface area contributed by atoms with Crippen LogP contribution in [0.15, 0.2) is 30.6 Å². The van der Waals surface area contributed by atoms with E-state index < -0.39 is 0 Å². The highest BCUT2D eigenvalue weighted by Gasteiger charge is 2.27. The number of rotatable bonds is 4. The van der Waals surface area contributed by atoms with Gasteiger partial charge in [0.1, 0.15) is 5.82 Å². The number of hydrogen-bond donors (Lipinski definition) is 0. The van der Waals surface area contributed by atoms with E-state index in [0.717, 1.165) is 59.0 Å². The zero-order chi connectivity index (χ0) is 18.1. The van der Waals surface area contributed by atoms with Crippen LogP contribution >= 0.6 is 11.3 Å². The lowest BCUT2D eigenvalue weighted by atomic mass is 9.98. The number of carbonyl (C=O) groups is 1. The number of carbonyl (C=O) groups excluding carboxylic acids is 1. The van der Waals surface area contributed by atoms with Gasteiger partial charge in [-0.3, -0.25) is 4.79 Å². The predicted molar refractivity (Wildman–Crippen MR) is 105 cm³/mol. The Morgan fingerprint density at radius 2 is 2.19 bits per heavy atom. The summed E-state index contributed by atoms with van der Waals surface area (Å²) < 4.78 is 3.31. The van der Waals surface area contributed by atoms with Crippen molar-refractivity contribution in [3.05, 3.63) is 47.0 Å². The maximum atomic E-state index is 13.2. The van der Waals surface area contributed by atoms with Crippen LogP contribution in [0.3, 0.4) is 0 Å². The Balaban J connectivity index is 1.52. The summed E-state index contributed by atoms with van der Waals surface area (Å²) in [6.07, 6.45) is 8.19. The number of thiazole rings is 1. The molecule has 6 heteroatoms. The van der Waals surface area contributed by atoms with Crippen molar-refractivity contribution in [2.24, 2.45) is 0 Å². The molecule has 0 unspecified atom stereocenters. The van der Waals surface area contributed by atoms with Crippen molar-refractivity contribution >= 4 is 27.5 Å². The number of likely N-dealkylation sites (tertiary alicyclic amines) is 1. The van der Waals surface area contributed by atoms with Gasteiger partial charge in [-0.2, -0.15) is 0 Å². The van der Waals surface area contributed by atoms with Crippen molar-refractivity contribution in [2.45, 2.75) is 52.1 Å². The van der Waals surface area contributed by atoms with Gasteiger partial charge < -0.3 is 9.47 Å². The molecule has 3 aromatic rings. The SMILES string of the molecule is Cc1nc2cc(C(=O)N3CCCC[C@H]3CCn3ccnc3C)ccc2s1. The van der Waals surface area contributed by atoms with E-state index in [1.165, 1.54) is 6.42 Å². The quantitative estimate of drug-likeness (QED) is 0.694. The second kappa shape index (κ2) is 7.19. The molecule has 1 saturated heterocycles. The first kappa shape index (κ1) is 17.2. The van der Waals surface area contributed by atoms with E-state index in [1.807, 2.05) is 44.4 Å². The lowest BCUT2D eigenvalue weighted by molar-refractivity contribution is 0.0595. The molecular formula is C20H24N4OS. The molecule has 26 heavy (non-hydrogen) atoms. The van der Waals surface area contributed by atoms with E-state index in [-0.39, 0.29) is 5.91 Å². The molecule has 1 amide bonds. The summed E-state index contributed by atoms with van der Waals surface area (Å²) in [5.41, 5.74) is 1.69. The van der Waals surface area contributed by atoms with Gasteiger partial charge in [-0.1, -0.05) is 0 Å². The molecule has 5 nitrogen and oxygen atoms in total. The molecule has 2 aromatic heterocycles. The number of aromatic nitrogens is 3. The second-order valence-corrected chi connectivity index (χ2v) is 8.25. The Hall–Kier alpha value is -2.21. The van der Waals surface area contributed by atoms with Crippen LogP contribution < -0.4 is 0 Å². The molecule has 4 rings (SSSR count). The van der Waals surface area contributed by atoms with Gasteiger partial charge in [0.15, 0.2) is 0 Å². The molecule has 1 aliphatic heterocycles. The van der Waals surface area contributed by atoms with Gasteiger partial charge in [-0.25, -0.2) is 9.97 Å². The molecule has 1 aromatic carbocycles. The number of amides is 1. The molecule has 0 saturated carbocycles. The van der Waals surface area contributed by atoms with Crippen molar-refractivity contribution in [1.29, 1.82) is 0 Å². The van der Waals surface area contributed by atoms with E-state index in [2.05, 4.69) is 19.4 Å². The molecule has 0 aliphatic carbocycles. The van der Waals surface area contributed by atoms with Crippen LogP contribution in [-0.2, 0) is 6.54 Å². The first-order valence-electron chi connectivity index (χ1n) is 9.28. The minimum Gasteiger partial charge on any atom is -0.336 e. The summed E-state index contributed by atoms with van der Waals surface area (Å²) >= 11 is 1.67. The third-order valence-electron chi connectivity index (χ3n) is 5.26. The Morgan fingerprint density at radius 1 is 1.31 bits per heavy atom. The Morgan fingerprint density at radius 3 is 3.00 bits per heavy atom. The average molecular weight is 369 g/mol. The standard InChI is InChI=1S/C20H24N4OS/c1-14-21-9-12-23(14)11-8-17-5-3-4-10-24(17)20(25)16-6-7-19-18(13-16)22-15(2)26-19/h6-7,9,12-13,17H,3-5,8,10-11H2,1-2H3/t17-/m0/s1. The highest BCUT2D eigenvalue weighted by Crippen LogP contribution is 2.26. The minimum absolute atomic E-state index is 0.143. The number of benzene rings is 1. The predicted octanol–water partition coefficient (Wildman–Crippen LogP) is 4.19. The van der Waals surface area contributed by atoms with Crippen LogP contribution in [0.4, 0.5) is 0 Å². The van der Waals surface area contributed by atoms with E-state index in [9.17, 15) is 4.79 Å². The molecule has 1 atom stereocenters. The lowest BCUT2D eigenvalue weighted by Crippen LogP contribution is -2.44. The van der Waals surface area contributed by atoms with Crippen LogP contribution in [-0.4, -0.2) is 37.9 Å².